The van der Waals surface area contributed by atoms with Crippen LogP contribution in [0.3, 0.4) is 0 Å². The number of benzene rings is 2. The first-order valence-electron chi connectivity index (χ1n) is 7.55. The molecule has 0 fully saturated rings. The first kappa shape index (κ1) is 15.0. The molecule has 1 aliphatic rings. The highest BCUT2D eigenvalue weighted by Gasteiger charge is 2.28. The van der Waals surface area contributed by atoms with Crippen molar-refractivity contribution in [1.29, 1.82) is 0 Å². The van der Waals surface area contributed by atoms with Gasteiger partial charge in [-0.15, -0.1) is 11.8 Å². The third-order valence-electron chi connectivity index (χ3n) is 3.55. The van der Waals surface area contributed by atoms with Crippen molar-refractivity contribution in [1.82, 2.24) is 0 Å². The summed E-state index contributed by atoms with van der Waals surface area (Å²) in [4.78, 5) is 13.7. The number of carbonyl (C=O) groups excluding carboxylic acids is 1. The van der Waals surface area contributed by atoms with Gasteiger partial charge in [0.05, 0.1) is 17.5 Å². The van der Waals surface area contributed by atoms with E-state index in [0.29, 0.717) is 6.61 Å². The van der Waals surface area contributed by atoms with Crippen LogP contribution in [0.4, 0.5) is 5.69 Å². The summed E-state index contributed by atoms with van der Waals surface area (Å²) in [6, 6.07) is 15.8. The largest absolute Gasteiger partial charge is 0.491 e. The Bertz CT molecular complexity index is 647. The lowest BCUT2D eigenvalue weighted by atomic mass is 10.1. The van der Waals surface area contributed by atoms with Gasteiger partial charge in [0, 0.05) is 4.90 Å². The smallest absolute Gasteiger partial charge is 0.238 e. The van der Waals surface area contributed by atoms with Crippen molar-refractivity contribution >= 4 is 23.4 Å². The predicted molar refractivity (Wildman–Crippen MR) is 90.6 cm³/mol. The summed E-state index contributed by atoms with van der Waals surface area (Å²) in [5, 5.41) is 2.94. The highest BCUT2D eigenvalue weighted by atomic mass is 32.2. The van der Waals surface area contributed by atoms with Gasteiger partial charge in [-0.2, -0.15) is 0 Å². The molecule has 1 aliphatic heterocycles. The summed E-state index contributed by atoms with van der Waals surface area (Å²) in [6.07, 6.45) is 1.72. The second-order valence-corrected chi connectivity index (χ2v) is 6.50. The number of rotatable bonds is 5. The lowest BCUT2D eigenvalue weighted by molar-refractivity contribution is -0.115. The standard InChI is InChI=1S/C18H19NO2S/c1-2-11-21-15-9-5-4-8-14(15)19-18(20)17-12-13-7-3-6-10-16(13)22-17/h3-10,17H,2,11-12H2,1H3,(H,19,20). The zero-order chi connectivity index (χ0) is 15.4. The number of amides is 1. The normalized spacial score (nSPS) is 16.1. The molecule has 0 aliphatic carbocycles. The van der Waals surface area contributed by atoms with Gasteiger partial charge in [0.25, 0.3) is 0 Å². The molecule has 114 valence electrons. The van der Waals surface area contributed by atoms with E-state index < -0.39 is 0 Å². The Morgan fingerprint density at radius 3 is 2.82 bits per heavy atom. The van der Waals surface area contributed by atoms with E-state index >= 15 is 0 Å². The molecule has 1 atom stereocenters. The van der Waals surface area contributed by atoms with Gasteiger partial charge in [0.15, 0.2) is 0 Å². The zero-order valence-corrected chi connectivity index (χ0v) is 13.4. The number of para-hydroxylation sites is 2. The average molecular weight is 313 g/mol. The van der Waals surface area contributed by atoms with E-state index in [2.05, 4.69) is 24.4 Å². The Hall–Kier alpha value is -1.94. The Balaban J connectivity index is 1.68. The highest BCUT2D eigenvalue weighted by Crippen LogP contribution is 2.37. The second-order valence-electron chi connectivity index (χ2n) is 5.25. The van der Waals surface area contributed by atoms with Gasteiger partial charge in [-0.3, -0.25) is 4.79 Å². The van der Waals surface area contributed by atoms with Gasteiger partial charge in [0.2, 0.25) is 5.91 Å². The molecule has 0 aromatic heterocycles. The van der Waals surface area contributed by atoms with Crippen LogP contribution < -0.4 is 10.1 Å². The topological polar surface area (TPSA) is 38.3 Å². The van der Waals surface area contributed by atoms with Crippen LogP contribution >= 0.6 is 11.8 Å². The molecule has 22 heavy (non-hydrogen) atoms. The number of fused-ring (bicyclic) bond motifs is 1. The van der Waals surface area contributed by atoms with Crippen LogP contribution in [0, 0.1) is 0 Å². The fraction of sp³-hybridized carbons (Fsp3) is 0.278. The minimum absolute atomic E-state index is 0.0359. The Morgan fingerprint density at radius 1 is 1.23 bits per heavy atom. The van der Waals surface area contributed by atoms with E-state index in [-0.39, 0.29) is 11.2 Å². The zero-order valence-electron chi connectivity index (χ0n) is 12.5. The van der Waals surface area contributed by atoms with Gasteiger partial charge in [-0.25, -0.2) is 0 Å². The van der Waals surface area contributed by atoms with E-state index in [1.54, 1.807) is 11.8 Å². The first-order chi connectivity index (χ1) is 10.8. The van der Waals surface area contributed by atoms with E-state index in [0.717, 1.165) is 24.3 Å². The van der Waals surface area contributed by atoms with Crippen molar-refractivity contribution in [3.05, 3.63) is 54.1 Å². The van der Waals surface area contributed by atoms with E-state index in [1.165, 1.54) is 10.5 Å². The number of ether oxygens (including phenoxy) is 1. The lowest BCUT2D eigenvalue weighted by Gasteiger charge is -2.14. The molecule has 0 bridgehead atoms. The molecule has 3 nitrogen and oxygen atoms in total. The highest BCUT2D eigenvalue weighted by molar-refractivity contribution is 8.01. The van der Waals surface area contributed by atoms with Gasteiger partial charge in [0.1, 0.15) is 5.75 Å². The minimum Gasteiger partial charge on any atom is -0.491 e. The molecule has 1 amide bonds. The van der Waals surface area contributed by atoms with Crippen molar-refractivity contribution in [2.75, 3.05) is 11.9 Å². The van der Waals surface area contributed by atoms with Crippen LogP contribution in [-0.2, 0) is 11.2 Å². The van der Waals surface area contributed by atoms with Crippen LogP contribution in [-0.4, -0.2) is 17.8 Å². The molecule has 0 saturated carbocycles. The van der Waals surface area contributed by atoms with Crippen molar-refractivity contribution in [3.8, 4) is 5.75 Å². The molecule has 0 radical (unpaired) electrons. The van der Waals surface area contributed by atoms with Gasteiger partial charge in [-0.05, 0) is 36.6 Å². The van der Waals surface area contributed by atoms with Gasteiger partial charge in [-0.1, -0.05) is 37.3 Å². The van der Waals surface area contributed by atoms with Gasteiger partial charge >= 0.3 is 0 Å². The summed E-state index contributed by atoms with van der Waals surface area (Å²) in [7, 11) is 0. The van der Waals surface area contributed by atoms with Crippen LogP contribution in [0.2, 0.25) is 0 Å². The fourth-order valence-electron chi connectivity index (χ4n) is 2.45. The first-order valence-corrected chi connectivity index (χ1v) is 8.43. The number of hydrogen-bond donors (Lipinski definition) is 1. The second kappa shape index (κ2) is 6.88. The van der Waals surface area contributed by atoms with Crippen LogP contribution in [0.5, 0.6) is 5.75 Å². The molecule has 0 saturated heterocycles. The van der Waals surface area contributed by atoms with Crippen molar-refractivity contribution in [2.45, 2.75) is 29.9 Å². The van der Waals surface area contributed by atoms with E-state index in [9.17, 15) is 4.79 Å². The molecular formula is C18H19NO2S. The molecule has 2 aromatic carbocycles. The van der Waals surface area contributed by atoms with Crippen molar-refractivity contribution in [3.63, 3.8) is 0 Å². The summed E-state index contributed by atoms with van der Waals surface area (Å²) >= 11 is 1.63. The number of thioether (sulfide) groups is 1. The number of carbonyl (C=O) groups is 1. The third-order valence-corrected chi connectivity index (χ3v) is 4.86. The minimum atomic E-state index is -0.0726. The van der Waals surface area contributed by atoms with Crippen LogP contribution in [0.1, 0.15) is 18.9 Å². The summed E-state index contributed by atoms with van der Waals surface area (Å²) in [6.45, 7) is 2.71. The Labute approximate surface area is 135 Å². The van der Waals surface area contributed by atoms with Crippen LogP contribution in [0.15, 0.2) is 53.4 Å². The SMILES string of the molecule is CCCOc1ccccc1NC(=O)C1Cc2ccccc2S1. The van der Waals surface area contributed by atoms with Gasteiger partial charge < -0.3 is 10.1 Å². The van der Waals surface area contributed by atoms with Crippen LogP contribution in [0.25, 0.3) is 0 Å². The molecule has 1 heterocycles. The molecule has 1 unspecified atom stereocenters. The Morgan fingerprint density at radius 2 is 2.00 bits per heavy atom. The Kier molecular flexibility index (Phi) is 4.68. The molecule has 3 rings (SSSR count). The fourth-order valence-corrected chi connectivity index (χ4v) is 3.64. The molecule has 0 spiro atoms. The molecule has 2 aromatic rings. The number of hydrogen-bond acceptors (Lipinski definition) is 3. The maximum absolute atomic E-state index is 12.5. The predicted octanol–water partition coefficient (Wildman–Crippen LogP) is 4.13. The van der Waals surface area contributed by atoms with E-state index in [4.69, 9.17) is 4.74 Å². The molecule has 4 heteroatoms. The summed E-state index contributed by atoms with van der Waals surface area (Å²) < 4.78 is 5.69. The molecule has 1 N–H and O–H groups in total. The third kappa shape index (κ3) is 3.28. The monoisotopic (exact) mass is 313 g/mol. The lowest BCUT2D eigenvalue weighted by Crippen LogP contribution is -2.25. The maximum Gasteiger partial charge on any atom is 0.238 e. The summed E-state index contributed by atoms with van der Waals surface area (Å²) in [5.74, 6) is 0.770. The maximum atomic E-state index is 12.5. The van der Waals surface area contributed by atoms with Crippen molar-refractivity contribution in [2.24, 2.45) is 0 Å². The average Bonchev–Trinajstić information content (AvgIpc) is 2.98. The number of anilines is 1. The number of nitrogens with one attached hydrogen (secondary N) is 1. The summed E-state index contributed by atoms with van der Waals surface area (Å²) in [5.41, 5.74) is 2.00. The quantitative estimate of drug-likeness (QED) is 0.902. The van der Waals surface area contributed by atoms with Crippen molar-refractivity contribution < 1.29 is 9.53 Å². The van der Waals surface area contributed by atoms with E-state index in [1.807, 2.05) is 36.4 Å². The molecular weight excluding hydrogens is 294 g/mol.